The molecule has 11 heteroatoms. The van der Waals surface area contributed by atoms with Crippen LogP contribution in [0.5, 0.6) is 0 Å². The second-order valence-electron chi connectivity index (χ2n) is 12.0. The molecule has 1 aromatic heterocycles. The minimum Gasteiger partial charge on any atom is -0.336 e. The highest BCUT2D eigenvalue weighted by atomic mass is 19.3. The third-order valence-corrected chi connectivity index (χ3v) is 9.54. The molecule has 2 aromatic rings. The van der Waals surface area contributed by atoms with E-state index in [2.05, 4.69) is 21.3 Å². The summed E-state index contributed by atoms with van der Waals surface area (Å²) < 4.78 is 26.9. The van der Waals surface area contributed by atoms with Crippen LogP contribution in [0.4, 0.5) is 8.78 Å². The van der Waals surface area contributed by atoms with E-state index < -0.39 is 29.7 Å². The first-order valence-corrected chi connectivity index (χ1v) is 14.3. The van der Waals surface area contributed by atoms with Gasteiger partial charge in [0.2, 0.25) is 11.8 Å². The molecule has 4 fully saturated rings. The zero-order valence-corrected chi connectivity index (χ0v) is 22.5. The number of hydrogen-bond acceptors (Lipinski definition) is 6. The van der Waals surface area contributed by atoms with Crippen molar-refractivity contribution in [2.45, 2.75) is 56.7 Å². The van der Waals surface area contributed by atoms with Crippen LogP contribution in [0.15, 0.2) is 36.5 Å². The van der Waals surface area contributed by atoms with Crippen LogP contribution in [0.2, 0.25) is 0 Å². The van der Waals surface area contributed by atoms with E-state index in [0.717, 1.165) is 37.1 Å². The zero-order chi connectivity index (χ0) is 28.5. The quantitative estimate of drug-likeness (QED) is 0.561. The van der Waals surface area contributed by atoms with Gasteiger partial charge in [0.1, 0.15) is 11.7 Å². The van der Waals surface area contributed by atoms with Gasteiger partial charge in [0.05, 0.1) is 11.8 Å². The Bertz CT molecular complexity index is 1420. The lowest BCUT2D eigenvalue weighted by Crippen LogP contribution is -2.52. The number of nitrogens with one attached hydrogen (secondary N) is 1. The summed E-state index contributed by atoms with van der Waals surface area (Å²) in [5.41, 5.74) is 4.05. The highest BCUT2D eigenvalue weighted by Crippen LogP contribution is 2.59. The molecule has 4 amide bonds. The van der Waals surface area contributed by atoms with Gasteiger partial charge >= 0.3 is 0 Å². The Morgan fingerprint density at radius 3 is 2.46 bits per heavy atom. The second-order valence-corrected chi connectivity index (χ2v) is 12.0. The number of pyridine rings is 1. The van der Waals surface area contributed by atoms with Gasteiger partial charge in [-0.05, 0) is 67.1 Å². The van der Waals surface area contributed by atoms with Gasteiger partial charge in [-0.3, -0.25) is 34.4 Å². The normalized spacial score (nSPS) is 27.6. The van der Waals surface area contributed by atoms with Crippen molar-refractivity contribution in [2.75, 3.05) is 26.2 Å². The van der Waals surface area contributed by atoms with E-state index >= 15 is 0 Å². The number of nitrogens with zero attached hydrogens (tertiary/aromatic N) is 4. The van der Waals surface area contributed by atoms with Gasteiger partial charge in [-0.2, -0.15) is 0 Å². The highest BCUT2D eigenvalue weighted by molar-refractivity contribution is 6.05. The lowest BCUT2D eigenvalue weighted by molar-refractivity contribution is -0.136. The minimum atomic E-state index is -2.61. The summed E-state index contributed by atoms with van der Waals surface area (Å²) in [6, 6.07) is 8.97. The molecule has 1 aromatic carbocycles. The van der Waals surface area contributed by atoms with E-state index in [0.29, 0.717) is 36.7 Å². The fourth-order valence-corrected chi connectivity index (χ4v) is 7.01. The predicted octanol–water partition coefficient (Wildman–Crippen LogP) is 2.56. The van der Waals surface area contributed by atoms with Crippen molar-refractivity contribution in [2.24, 2.45) is 11.8 Å². The first-order valence-electron chi connectivity index (χ1n) is 14.3. The van der Waals surface area contributed by atoms with E-state index in [1.807, 2.05) is 18.2 Å². The number of alkyl halides is 2. The van der Waals surface area contributed by atoms with E-state index in [4.69, 9.17) is 0 Å². The Kier molecular flexibility index (Phi) is 6.18. The number of carbonyl (C=O) groups is 4. The average Bonchev–Trinajstić information content (AvgIpc) is 3.30. The van der Waals surface area contributed by atoms with Gasteiger partial charge in [-0.25, -0.2) is 8.78 Å². The van der Waals surface area contributed by atoms with Crippen LogP contribution in [-0.2, 0) is 22.7 Å². The van der Waals surface area contributed by atoms with Crippen molar-refractivity contribution >= 4 is 23.6 Å². The summed E-state index contributed by atoms with van der Waals surface area (Å²) >= 11 is 0. The van der Waals surface area contributed by atoms with Crippen LogP contribution in [-0.4, -0.2) is 81.5 Å². The Morgan fingerprint density at radius 1 is 1.02 bits per heavy atom. The van der Waals surface area contributed by atoms with Crippen molar-refractivity contribution in [3.63, 3.8) is 0 Å². The Balaban J connectivity index is 0.922. The van der Waals surface area contributed by atoms with E-state index in [9.17, 15) is 28.0 Å². The summed E-state index contributed by atoms with van der Waals surface area (Å²) in [6.45, 7) is 3.10. The maximum atomic E-state index is 13.5. The number of hydrogen-bond donors (Lipinski definition) is 1. The summed E-state index contributed by atoms with van der Waals surface area (Å²) in [7, 11) is 0. The summed E-state index contributed by atoms with van der Waals surface area (Å²) in [5.74, 6) is -4.76. The topological polar surface area (TPSA) is 103 Å². The van der Waals surface area contributed by atoms with Gasteiger partial charge in [0, 0.05) is 44.4 Å². The lowest BCUT2D eigenvalue weighted by atomic mass is 9.88. The van der Waals surface area contributed by atoms with Crippen LogP contribution >= 0.6 is 0 Å². The molecule has 3 atom stereocenters. The van der Waals surface area contributed by atoms with Crippen LogP contribution in [0.1, 0.15) is 69.1 Å². The van der Waals surface area contributed by atoms with Crippen molar-refractivity contribution in [3.8, 4) is 0 Å². The van der Waals surface area contributed by atoms with Gasteiger partial charge < -0.3 is 9.80 Å². The minimum absolute atomic E-state index is 0.105. The number of rotatable bonds is 5. The zero-order valence-electron chi connectivity index (χ0n) is 22.5. The van der Waals surface area contributed by atoms with E-state index in [-0.39, 0.29) is 37.2 Å². The van der Waals surface area contributed by atoms with Crippen LogP contribution in [0.25, 0.3) is 0 Å². The molecule has 0 radical (unpaired) electrons. The molecule has 0 bridgehead atoms. The maximum Gasteiger partial charge on any atom is 0.272 e. The first kappa shape index (κ1) is 26.2. The Hall–Kier alpha value is -3.73. The lowest BCUT2D eigenvalue weighted by Gasteiger charge is -2.32. The van der Waals surface area contributed by atoms with Crippen molar-refractivity contribution < 1.29 is 28.0 Å². The molecule has 1 aliphatic carbocycles. The fourth-order valence-electron chi connectivity index (χ4n) is 7.01. The van der Waals surface area contributed by atoms with Crippen molar-refractivity contribution in [1.29, 1.82) is 0 Å². The number of fused-ring (bicyclic) bond motifs is 2. The van der Waals surface area contributed by atoms with Gasteiger partial charge in [0.15, 0.2) is 0 Å². The third-order valence-electron chi connectivity index (χ3n) is 9.54. The molecule has 3 saturated heterocycles. The maximum absolute atomic E-state index is 13.5. The van der Waals surface area contributed by atoms with Crippen molar-refractivity contribution in [1.82, 2.24) is 25.0 Å². The van der Waals surface area contributed by atoms with Crippen LogP contribution in [0, 0.1) is 11.8 Å². The van der Waals surface area contributed by atoms with Gasteiger partial charge in [-0.15, -0.1) is 0 Å². The second kappa shape index (κ2) is 9.68. The molecule has 5 aliphatic rings. The highest BCUT2D eigenvalue weighted by Gasteiger charge is 2.72. The average molecular weight is 564 g/mol. The molecule has 7 rings (SSSR count). The van der Waals surface area contributed by atoms with Gasteiger partial charge in [0.25, 0.3) is 17.7 Å². The van der Waals surface area contributed by atoms with Crippen LogP contribution < -0.4 is 5.32 Å². The third kappa shape index (κ3) is 4.60. The molecule has 4 aliphatic heterocycles. The van der Waals surface area contributed by atoms with Gasteiger partial charge in [-0.1, -0.05) is 18.2 Å². The molecule has 3 unspecified atom stereocenters. The molecule has 214 valence electrons. The van der Waals surface area contributed by atoms with Crippen molar-refractivity contribution in [3.05, 3.63) is 64.5 Å². The molecule has 1 saturated carbocycles. The summed E-state index contributed by atoms with van der Waals surface area (Å²) in [5, 5.41) is 2.34. The molecule has 0 spiro atoms. The standard InChI is InChI=1S/C30H31F2N5O4/c31-30(32)22-15-36(16-23(22)30)29(41)24-4-1-17(12-33-24)13-35-9-7-18(8-10-35)19-2-3-21-20(11-19)14-37(28(21)40)25-5-6-26(38)34-27(25)39/h1-4,11-12,18,22-23,25H,5-10,13-16H2,(H,34,38,39). The molecule has 41 heavy (non-hydrogen) atoms. The Labute approximate surface area is 235 Å². The molecule has 9 nitrogen and oxygen atoms in total. The number of piperidine rings is 3. The number of carbonyl (C=O) groups excluding carboxylic acids is 4. The number of halogens is 2. The van der Waals surface area contributed by atoms with E-state index in [1.165, 1.54) is 10.5 Å². The number of benzene rings is 1. The Morgan fingerprint density at radius 2 is 1.78 bits per heavy atom. The SMILES string of the molecule is O=C1CCC(N2Cc3cc(C4CCN(Cc5ccc(C(=O)N6CC7C(C6)C7(F)F)nc5)CC4)ccc3C2=O)C(=O)N1. The smallest absolute Gasteiger partial charge is 0.272 e. The summed E-state index contributed by atoms with van der Waals surface area (Å²) in [4.78, 5) is 59.3. The number of likely N-dealkylation sites (tertiary alicyclic amines) is 2. The largest absolute Gasteiger partial charge is 0.336 e. The predicted molar refractivity (Wildman–Crippen MR) is 142 cm³/mol. The first-order chi connectivity index (χ1) is 19.7. The molecular weight excluding hydrogens is 532 g/mol. The number of amides is 4. The fraction of sp³-hybridized carbons (Fsp3) is 0.500. The summed E-state index contributed by atoms with van der Waals surface area (Å²) in [6.07, 6.45) is 4.23. The van der Waals surface area contributed by atoms with Crippen LogP contribution in [0.3, 0.4) is 0 Å². The molecular formula is C30H31F2N5O4. The number of imide groups is 1. The number of aromatic nitrogens is 1. The van der Waals surface area contributed by atoms with E-state index in [1.54, 1.807) is 17.2 Å². The monoisotopic (exact) mass is 563 g/mol. The molecule has 1 N–H and O–H groups in total. The molecule has 5 heterocycles.